The number of benzene rings is 1. The Labute approximate surface area is 132 Å². The zero-order valence-electron chi connectivity index (χ0n) is 12.3. The van der Waals surface area contributed by atoms with Gasteiger partial charge in [-0.1, -0.05) is 0 Å². The average Bonchev–Trinajstić information content (AvgIpc) is 3.15. The highest BCUT2D eigenvalue weighted by Crippen LogP contribution is 2.28. The second-order valence-electron chi connectivity index (χ2n) is 5.38. The number of nitrogens with one attached hydrogen (secondary N) is 1. The predicted molar refractivity (Wildman–Crippen MR) is 83.5 cm³/mol. The maximum absolute atomic E-state index is 13.0. The van der Waals surface area contributed by atoms with Gasteiger partial charge in [0, 0.05) is 24.6 Å². The Balaban J connectivity index is 1.71. The van der Waals surface area contributed by atoms with Crippen LogP contribution in [0.1, 0.15) is 21.8 Å². The summed E-state index contributed by atoms with van der Waals surface area (Å²) in [6, 6.07) is 6.13. The smallest absolute Gasteiger partial charge is 0.263 e. The van der Waals surface area contributed by atoms with Crippen molar-refractivity contribution in [2.24, 2.45) is 5.92 Å². The van der Waals surface area contributed by atoms with E-state index in [2.05, 4.69) is 10.3 Å². The molecular formula is C16H17FN2O2S. The predicted octanol–water partition coefficient (Wildman–Crippen LogP) is 3.02. The number of hydrogen-bond donors (Lipinski definition) is 1. The first kappa shape index (κ1) is 15.1. The van der Waals surface area contributed by atoms with E-state index < -0.39 is 0 Å². The first-order valence-electron chi connectivity index (χ1n) is 7.23. The van der Waals surface area contributed by atoms with E-state index >= 15 is 0 Å². The molecule has 0 radical (unpaired) electrons. The van der Waals surface area contributed by atoms with Crippen LogP contribution in [0.2, 0.25) is 0 Å². The summed E-state index contributed by atoms with van der Waals surface area (Å²) in [5, 5.41) is 3.68. The number of carbonyl (C=O) groups excluding carboxylic acids is 1. The highest BCUT2D eigenvalue weighted by Gasteiger charge is 2.20. The van der Waals surface area contributed by atoms with Crippen LogP contribution >= 0.6 is 11.3 Å². The molecule has 0 bridgehead atoms. The molecule has 2 heterocycles. The number of amides is 1. The highest BCUT2D eigenvalue weighted by atomic mass is 32.1. The number of rotatable bonds is 4. The lowest BCUT2D eigenvalue weighted by atomic mass is 10.1. The van der Waals surface area contributed by atoms with Gasteiger partial charge in [0.05, 0.1) is 12.3 Å². The van der Waals surface area contributed by atoms with E-state index in [-0.39, 0.29) is 11.7 Å². The van der Waals surface area contributed by atoms with Crippen molar-refractivity contribution < 1.29 is 13.9 Å². The van der Waals surface area contributed by atoms with Gasteiger partial charge in [0.2, 0.25) is 0 Å². The number of ether oxygens (including phenoxy) is 1. The molecule has 1 N–H and O–H groups in total. The molecule has 0 aliphatic carbocycles. The topological polar surface area (TPSA) is 51.2 Å². The summed E-state index contributed by atoms with van der Waals surface area (Å²) >= 11 is 1.33. The Morgan fingerprint density at radius 3 is 2.91 bits per heavy atom. The number of hydrogen-bond acceptors (Lipinski definition) is 4. The molecule has 6 heteroatoms. The third kappa shape index (κ3) is 3.34. The molecule has 1 atom stereocenters. The molecule has 22 heavy (non-hydrogen) atoms. The van der Waals surface area contributed by atoms with E-state index in [1.165, 1.54) is 23.5 Å². The van der Waals surface area contributed by atoms with E-state index in [0.29, 0.717) is 29.6 Å². The molecule has 1 amide bonds. The zero-order valence-corrected chi connectivity index (χ0v) is 13.1. The van der Waals surface area contributed by atoms with Crippen molar-refractivity contribution in [3.8, 4) is 10.6 Å². The van der Waals surface area contributed by atoms with Crippen LogP contribution < -0.4 is 5.32 Å². The maximum atomic E-state index is 13.0. The molecule has 1 fully saturated rings. The van der Waals surface area contributed by atoms with E-state index in [1.807, 2.05) is 6.92 Å². The van der Waals surface area contributed by atoms with Crippen LogP contribution in [-0.2, 0) is 4.74 Å². The fraction of sp³-hybridized carbons (Fsp3) is 0.375. The number of thiazole rings is 1. The lowest BCUT2D eigenvalue weighted by molar-refractivity contribution is 0.0948. The van der Waals surface area contributed by atoms with E-state index in [0.717, 1.165) is 23.6 Å². The van der Waals surface area contributed by atoms with Crippen LogP contribution in [-0.4, -0.2) is 30.6 Å². The van der Waals surface area contributed by atoms with Crippen molar-refractivity contribution in [1.29, 1.82) is 0 Å². The molecule has 0 unspecified atom stereocenters. The monoisotopic (exact) mass is 320 g/mol. The third-order valence-electron chi connectivity index (χ3n) is 3.67. The summed E-state index contributed by atoms with van der Waals surface area (Å²) in [6.45, 7) is 3.93. The van der Waals surface area contributed by atoms with E-state index in [9.17, 15) is 9.18 Å². The van der Waals surface area contributed by atoms with Crippen molar-refractivity contribution in [3.63, 3.8) is 0 Å². The van der Waals surface area contributed by atoms with Crippen molar-refractivity contribution in [3.05, 3.63) is 40.7 Å². The zero-order chi connectivity index (χ0) is 15.5. The van der Waals surface area contributed by atoms with Gasteiger partial charge < -0.3 is 10.1 Å². The second-order valence-corrected chi connectivity index (χ2v) is 6.38. The molecule has 1 aromatic heterocycles. The first-order chi connectivity index (χ1) is 10.6. The summed E-state index contributed by atoms with van der Waals surface area (Å²) in [5.41, 5.74) is 1.52. The van der Waals surface area contributed by atoms with Gasteiger partial charge in [-0.25, -0.2) is 9.37 Å². The molecule has 0 spiro atoms. The summed E-state index contributed by atoms with van der Waals surface area (Å²) in [4.78, 5) is 17.3. The van der Waals surface area contributed by atoms with Gasteiger partial charge in [0.1, 0.15) is 15.7 Å². The normalized spacial score (nSPS) is 17.6. The van der Waals surface area contributed by atoms with E-state index in [1.54, 1.807) is 12.1 Å². The Morgan fingerprint density at radius 2 is 2.23 bits per heavy atom. The van der Waals surface area contributed by atoms with Crippen LogP contribution in [0, 0.1) is 18.7 Å². The van der Waals surface area contributed by atoms with Crippen LogP contribution in [0.25, 0.3) is 10.6 Å². The summed E-state index contributed by atoms with van der Waals surface area (Å²) in [5.74, 6) is 0.0118. The standard InChI is InChI=1S/C16H17FN2O2S/c1-10-14(15(20)18-8-11-6-7-21-9-11)22-16(19-10)12-2-4-13(17)5-3-12/h2-5,11H,6-9H2,1H3,(H,18,20)/t11-/m0/s1. The summed E-state index contributed by atoms with van der Waals surface area (Å²) in [7, 11) is 0. The fourth-order valence-electron chi connectivity index (χ4n) is 2.38. The Morgan fingerprint density at radius 1 is 1.45 bits per heavy atom. The molecule has 2 aromatic rings. The Bertz CT molecular complexity index is 663. The summed E-state index contributed by atoms with van der Waals surface area (Å²) < 4.78 is 18.3. The lowest BCUT2D eigenvalue weighted by Crippen LogP contribution is -2.29. The van der Waals surface area contributed by atoms with Gasteiger partial charge in [-0.15, -0.1) is 11.3 Å². The SMILES string of the molecule is Cc1nc(-c2ccc(F)cc2)sc1C(=O)NC[C@@H]1CCOC1. The fourth-order valence-corrected chi connectivity index (χ4v) is 3.37. The van der Waals surface area contributed by atoms with Gasteiger partial charge in [0.15, 0.2) is 0 Å². The number of nitrogens with zero attached hydrogens (tertiary/aromatic N) is 1. The van der Waals surface area contributed by atoms with Crippen molar-refractivity contribution in [2.75, 3.05) is 19.8 Å². The van der Waals surface area contributed by atoms with Gasteiger partial charge in [-0.05, 0) is 37.6 Å². The van der Waals surface area contributed by atoms with Crippen LogP contribution in [0.3, 0.4) is 0 Å². The van der Waals surface area contributed by atoms with Gasteiger partial charge in [-0.2, -0.15) is 0 Å². The first-order valence-corrected chi connectivity index (χ1v) is 8.04. The lowest BCUT2D eigenvalue weighted by Gasteiger charge is -2.08. The minimum absolute atomic E-state index is 0.102. The Hall–Kier alpha value is -1.79. The second kappa shape index (κ2) is 6.54. The number of aryl methyl sites for hydroxylation is 1. The van der Waals surface area contributed by atoms with Gasteiger partial charge >= 0.3 is 0 Å². The minimum atomic E-state index is -0.284. The van der Waals surface area contributed by atoms with Gasteiger partial charge in [0.25, 0.3) is 5.91 Å². The van der Waals surface area contributed by atoms with Crippen LogP contribution in [0.4, 0.5) is 4.39 Å². The number of aromatic nitrogens is 1. The molecule has 116 valence electrons. The molecule has 1 aliphatic rings. The van der Waals surface area contributed by atoms with E-state index in [4.69, 9.17) is 4.74 Å². The molecule has 1 aliphatic heterocycles. The van der Waals surface area contributed by atoms with Crippen LogP contribution in [0.15, 0.2) is 24.3 Å². The average molecular weight is 320 g/mol. The Kier molecular flexibility index (Phi) is 4.49. The van der Waals surface area contributed by atoms with Crippen LogP contribution in [0.5, 0.6) is 0 Å². The third-order valence-corrected chi connectivity index (χ3v) is 4.87. The van der Waals surface area contributed by atoms with Gasteiger partial charge in [-0.3, -0.25) is 4.79 Å². The molecule has 3 rings (SSSR count). The number of carbonyl (C=O) groups is 1. The highest BCUT2D eigenvalue weighted by molar-refractivity contribution is 7.17. The van der Waals surface area contributed by atoms with Crippen molar-refractivity contribution in [2.45, 2.75) is 13.3 Å². The number of halogens is 1. The van der Waals surface area contributed by atoms with Crippen molar-refractivity contribution >= 4 is 17.2 Å². The molecule has 4 nitrogen and oxygen atoms in total. The largest absolute Gasteiger partial charge is 0.381 e. The molecular weight excluding hydrogens is 303 g/mol. The minimum Gasteiger partial charge on any atom is -0.381 e. The molecule has 1 aromatic carbocycles. The molecule has 0 saturated carbocycles. The van der Waals surface area contributed by atoms with Crippen molar-refractivity contribution in [1.82, 2.24) is 10.3 Å². The maximum Gasteiger partial charge on any atom is 0.263 e. The summed E-state index contributed by atoms with van der Waals surface area (Å²) in [6.07, 6.45) is 0.989. The quantitative estimate of drug-likeness (QED) is 0.942. The molecule has 1 saturated heterocycles.